The number of aryl methyl sites for hydroxylation is 1. The molecule has 1 saturated heterocycles. The van der Waals surface area contributed by atoms with Gasteiger partial charge in [0, 0.05) is 29.8 Å². The van der Waals surface area contributed by atoms with Crippen LogP contribution < -0.4 is 15.0 Å². The molecule has 2 heterocycles. The zero-order chi connectivity index (χ0) is 17.8. The lowest BCUT2D eigenvalue weighted by Crippen LogP contribution is -2.65. The van der Waals surface area contributed by atoms with Crippen LogP contribution >= 0.6 is 0 Å². The Kier molecular flexibility index (Phi) is 3.21. The lowest BCUT2D eigenvalue weighted by atomic mass is 9.90. The lowest BCUT2D eigenvalue weighted by molar-refractivity contribution is -0.385. The van der Waals surface area contributed by atoms with Crippen molar-refractivity contribution in [1.82, 2.24) is 5.32 Å². The summed E-state index contributed by atoms with van der Waals surface area (Å²) in [6, 6.07) is 11.6. The molecule has 0 spiro atoms. The molecule has 0 aromatic heterocycles. The van der Waals surface area contributed by atoms with Gasteiger partial charge in [-0.05, 0) is 32.0 Å². The highest BCUT2D eigenvalue weighted by Crippen LogP contribution is 2.46. The summed E-state index contributed by atoms with van der Waals surface area (Å²) in [6.45, 7) is 3.85. The minimum atomic E-state index is -0.856. The van der Waals surface area contributed by atoms with Crippen molar-refractivity contribution in [2.24, 2.45) is 0 Å². The van der Waals surface area contributed by atoms with Gasteiger partial charge in [-0.1, -0.05) is 17.7 Å². The van der Waals surface area contributed by atoms with Crippen molar-refractivity contribution in [1.29, 1.82) is 0 Å². The molecule has 2 bridgehead atoms. The number of ether oxygens (including phenoxy) is 1. The molecule has 2 aromatic carbocycles. The van der Waals surface area contributed by atoms with Gasteiger partial charge in [0.2, 0.25) is 0 Å². The van der Waals surface area contributed by atoms with Gasteiger partial charge in [0.05, 0.1) is 11.0 Å². The normalized spacial score (nSPS) is 24.2. The number of carbonyl (C=O) groups excluding carboxylic acids is 1. The second-order valence-corrected chi connectivity index (χ2v) is 6.63. The number of carbonyl (C=O) groups is 1. The fourth-order valence-corrected chi connectivity index (χ4v) is 3.56. The molecule has 2 aromatic rings. The van der Waals surface area contributed by atoms with E-state index in [1.165, 1.54) is 12.1 Å². The Labute approximate surface area is 144 Å². The minimum absolute atomic E-state index is 0.0128. The molecule has 4 rings (SSSR count). The van der Waals surface area contributed by atoms with E-state index in [4.69, 9.17) is 4.74 Å². The van der Waals surface area contributed by atoms with E-state index in [2.05, 4.69) is 5.32 Å². The zero-order valence-corrected chi connectivity index (χ0v) is 13.9. The van der Waals surface area contributed by atoms with Crippen LogP contribution in [0.25, 0.3) is 0 Å². The van der Waals surface area contributed by atoms with Crippen molar-refractivity contribution in [3.63, 3.8) is 0 Å². The molecular formula is C18H17N3O4. The van der Waals surface area contributed by atoms with E-state index in [1.807, 2.05) is 38.1 Å². The van der Waals surface area contributed by atoms with Gasteiger partial charge in [0.1, 0.15) is 5.75 Å². The molecule has 0 saturated carbocycles. The van der Waals surface area contributed by atoms with Crippen LogP contribution in [0.4, 0.5) is 16.2 Å². The molecule has 7 nitrogen and oxygen atoms in total. The highest BCUT2D eigenvalue weighted by molar-refractivity contribution is 5.95. The second-order valence-electron chi connectivity index (χ2n) is 6.63. The first-order chi connectivity index (χ1) is 11.9. The third-order valence-electron chi connectivity index (χ3n) is 4.76. The number of hydrogen-bond donors (Lipinski definition) is 1. The van der Waals surface area contributed by atoms with Gasteiger partial charge in [-0.3, -0.25) is 15.0 Å². The molecular weight excluding hydrogens is 322 g/mol. The molecule has 0 radical (unpaired) electrons. The van der Waals surface area contributed by atoms with Gasteiger partial charge < -0.3 is 10.1 Å². The predicted molar refractivity (Wildman–Crippen MR) is 91.7 cm³/mol. The largest absolute Gasteiger partial charge is 0.467 e. The number of anilines is 1. The van der Waals surface area contributed by atoms with Crippen molar-refractivity contribution < 1.29 is 14.5 Å². The van der Waals surface area contributed by atoms with E-state index in [0.29, 0.717) is 17.7 Å². The van der Waals surface area contributed by atoms with E-state index < -0.39 is 10.6 Å². The number of urea groups is 1. The predicted octanol–water partition coefficient (Wildman–Crippen LogP) is 3.67. The number of nitrogens with zero attached hydrogens (tertiary/aromatic N) is 2. The van der Waals surface area contributed by atoms with E-state index in [1.54, 1.807) is 11.0 Å². The van der Waals surface area contributed by atoms with Crippen molar-refractivity contribution in [2.75, 3.05) is 4.90 Å². The monoisotopic (exact) mass is 339 g/mol. The second kappa shape index (κ2) is 5.20. The Morgan fingerprint density at radius 1 is 1.28 bits per heavy atom. The highest BCUT2D eigenvalue weighted by Gasteiger charge is 2.50. The summed E-state index contributed by atoms with van der Waals surface area (Å²) < 4.78 is 6.14. The van der Waals surface area contributed by atoms with Crippen molar-refractivity contribution >= 4 is 17.4 Å². The lowest BCUT2D eigenvalue weighted by Gasteiger charge is -2.50. The maximum Gasteiger partial charge on any atom is 0.325 e. The maximum absolute atomic E-state index is 12.7. The summed E-state index contributed by atoms with van der Waals surface area (Å²) in [7, 11) is 0. The number of benzene rings is 2. The summed E-state index contributed by atoms with van der Waals surface area (Å²) in [5.74, 6) is 0.557. The Morgan fingerprint density at radius 3 is 2.68 bits per heavy atom. The fourth-order valence-electron chi connectivity index (χ4n) is 3.56. The summed E-state index contributed by atoms with van der Waals surface area (Å²) in [4.78, 5) is 24.9. The summed E-state index contributed by atoms with van der Waals surface area (Å²) in [5.41, 5.74) is 1.62. The first kappa shape index (κ1) is 15.4. The third kappa shape index (κ3) is 2.39. The molecule has 0 aliphatic carbocycles. The molecule has 2 aliphatic rings. The summed E-state index contributed by atoms with van der Waals surface area (Å²) in [6.07, 6.45) is 0.501. The molecule has 128 valence electrons. The van der Waals surface area contributed by atoms with E-state index >= 15 is 0 Å². The standard InChI is InChI=1S/C18H17N3O4/c1-11-3-5-12(6-4-11)20-17(22)19-15-10-18(20,2)25-16-8-7-13(21(23)24)9-14(15)16/h3-9,15H,10H2,1-2H3,(H,19,22)/t15-,18+/m0/s1. The quantitative estimate of drug-likeness (QED) is 0.668. The first-order valence-corrected chi connectivity index (χ1v) is 8.02. The summed E-state index contributed by atoms with van der Waals surface area (Å²) >= 11 is 0. The molecule has 0 unspecified atom stereocenters. The van der Waals surface area contributed by atoms with E-state index in [-0.39, 0.29) is 17.8 Å². The van der Waals surface area contributed by atoms with Crippen molar-refractivity contribution in [3.05, 3.63) is 63.7 Å². The fraction of sp³-hybridized carbons (Fsp3) is 0.278. The van der Waals surface area contributed by atoms with Crippen molar-refractivity contribution in [3.8, 4) is 5.75 Å². The van der Waals surface area contributed by atoms with Crippen LogP contribution in [0.5, 0.6) is 5.75 Å². The third-order valence-corrected chi connectivity index (χ3v) is 4.76. The zero-order valence-electron chi connectivity index (χ0n) is 13.9. The molecule has 1 N–H and O–H groups in total. The van der Waals surface area contributed by atoms with E-state index in [9.17, 15) is 14.9 Å². The number of non-ortho nitro benzene ring substituents is 1. The molecule has 2 amide bonds. The molecule has 25 heavy (non-hydrogen) atoms. The molecule has 2 aliphatic heterocycles. The number of fused-ring (bicyclic) bond motifs is 4. The van der Waals surface area contributed by atoms with Crippen LogP contribution in [-0.2, 0) is 0 Å². The SMILES string of the molecule is Cc1ccc(N2C(=O)N[C@H]3C[C@@]2(C)Oc2ccc([N+](=O)[O-])cc23)cc1. The molecule has 7 heteroatoms. The number of amides is 2. The summed E-state index contributed by atoms with van der Waals surface area (Å²) in [5, 5.41) is 14.0. The van der Waals surface area contributed by atoms with Gasteiger partial charge in [-0.25, -0.2) is 4.79 Å². The smallest absolute Gasteiger partial charge is 0.325 e. The average molecular weight is 339 g/mol. The number of nitro groups is 1. The van der Waals surface area contributed by atoms with Gasteiger partial charge in [0.15, 0.2) is 5.72 Å². The Hall–Kier alpha value is -3.09. The first-order valence-electron chi connectivity index (χ1n) is 8.02. The van der Waals surface area contributed by atoms with Gasteiger partial charge >= 0.3 is 6.03 Å². The van der Waals surface area contributed by atoms with Crippen LogP contribution in [0.1, 0.15) is 30.5 Å². The van der Waals surface area contributed by atoms with Gasteiger partial charge in [-0.15, -0.1) is 0 Å². The van der Waals surface area contributed by atoms with Crippen LogP contribution in [0.3, 0.4) is 0 Å². The van der Waals surface area contributed by atoms with Crippen molar-refractivity contribution in [2.45, 2.75) is 32.0 Å². The van der Waals surface area contributed by atoms with E-state index in [0.717, 1.165) is 11.3 Å². The number of nitro benzene ring substituents is 1. The maximum atomic E-state index is 12.7. The van der Waals surface area contributed by atoms with Crippen LogP contribution in [-0.4, -0.2) is 16.7 Å². The molecule has 2 atom stereocenters. The number of rotatable bonds is 2. The number of nitrogens with one attached hydrogen (secondary N) is 1. The Morgan fingerprint density at radius 2 is 2.00 bits per heavy atom. The van der Waals surface area contributed by atoms with Crippen LogP contribution in [0.15, 0.2) is 42.5 Å². The highest BCUT2D eigenvalue weighted by atomic mass is 16.6. The minimum Gasteiger partial charge on any atom is -0.467 e. The number of hydrogen-bond acceptors (Lipinski definition) is 4. The van der Waals surface area contributed by atoms with Crippen LogP contribution in [0, 0.1) is 17.0 Å². The molecule has 1 fully saturated rings. The van der Waals surface area contributed by atoms with Gasteiger partial charge in [-0.2, -0.15) is 0 Å². The average Bonchev–Trinajstić information content (AvgIpc) is 2.55. The Bertz CT molecular complexity index is 880. The topological polar surface area (TPSA) is 84.7 Å². The van der Waals surface area contributed by atoms with Crippen LogP contribution in [0.2, 0.25) is 0 Å². The Balaban J connectivity index is 1.77. The van der Waals surface area contributed by atoms with Gasteiger partial charge in [0.25, 0.3) is 5.69 Å².